The Bertz CT molecular complexity index is 512. The van der Waals surface area contributed by atoms with Gasteiger partial charge < -0.3 is 16.0 Å². The summed E-state index contributed by atoms with van der Waals surface area (Å²) in [5.41, 5.74) is 7.22. The Morgan fingerprint density at radius 3 is 2.48 bits per heavy atom. The van der Waals surface area contributed by atoms with E-state index >= 15 is 0 Å². The summed E-state index contributed by atoms with van der Waals surface area (Å²) in [4.78, 5) is 14.3. The molecule has 0 aliphatic heterocycles. The van der Waals surface area contributed by atoms with E-state index in [-0.39, 0.29) is 18.1 Å². The van der Waals surface area contributed by atoms with Crippen LogP contribution in [-0.2, 0) is 0 Å². The lowest BCUT2D eigenvalue weighted by atomic mass is 9.91. The van der Waals surface area contributed by atoms with Crippen molar-refractivity contribution in [3.8, 4) is 6.07 Å². The van der Waals surface area contributed by atoms with Crippen molar-refractivity contribution < 1.29 is 4.79 Å². The van der Waals surface area contributed by atoms with Crippen LogP contribution >= 0.6 is 0 Å². The number of carbonyl (C=O) groups is 1. The van der Waals surface area contributed by atoms with Gasteiger partial charge in [-0.05, 0) is 56.9 Å². The maximum Gasteiger partial charge on any atom is 0.322 e. The zero-order valence-corrected chi connectivity index (χ0v) is 12.4. The molecule has 5 nitrogen and oxygen atoms in total. The molecule has 2 amide bonds. The maximum atomic E-state index is 12.4. The van der Waals surface area contributed by atoms with Gasteiger partial charge in [0.05, 0.1) is 11.6 Å². The number of benzene rings is 1. The third-order valence-corrected chi connectivity index (χ3v) is 4.05. The molecule has 0 radical (unpaired) electrons. The van der Waals surface area contributed by atoms with Crippen LogP contribution in [0.1, 0.15) is 38.2 Å². The van der Waals surface area contributed by atoms with Crippen LogP contribution in [0.5, 0.6) is 0 Å². The molecule has 1 aromatic carbocycles. The van der Waals surface area contributed by atoms with Gasteiger partial charge in [-0.3, -0.25) is 0 Å². The molecular weight excluding hydrogens is 264 g/mol. The molecule has 1 saturated carbocycles. The number of nitrogens with zero attached hydrogens (tertiary/aromatic N) is 2. The van der Waals surface area contributed by atoms with Gasteiger partial charge in [-0.2, -0.15) is 5.26 Å². The van der Waals surface area contributed by atoms with Crippen molar-refractivity contribution in [1.29, 1.82) is 5.26 Å². The normalized spacial score (nSPS) is 21.4. The highest BCUT2D eigenvalue weighted by Gasteiger charge is 2.26. The second-order valence-electron chi connectivity index (χ2n) is 5.47. The Labute approximate surface area is 125 Å². The van der Waals surface area contributed by atoms with Gasteiger partial charge in [0.25, 0.3) is 0 Å². The molecule has 3 N–H and O–H groups in total. The molecule has 1 aliphatic rings. The number of nitrogens with two attached hydrogens (primary N) is 1. The third kappa shape index (κ3) is 3.96. The van der Waals surface area contributed by atoms with Gasteiger partial charge in [-0.25, -0.2) is 4.79 Å². The fraction of sp³-hybridized carbons (Fsp3) is 0.500. The second-order valence-corrected chi connectivity index (χ2v) is 5.47. The minimum absolute atomic E-state index is 0.0809. The number of anilines is 1. The van der Waals surface area contributed by atoms with Crippen molar-refractivity contribution in [1.82, 2.24) is 4.90 Å². The summed E-state index contributed by atoms with van der Waals surface area (Å²) in [5, 5.41) is 11.7. The molecule has 0 saturated heterocycles. The van der Waals surface area contributed by atoms with E-state index in [4.69, 9.17) is 11.0 Å². The minimum atomic E-state index is -0.0809. The fourth-order valence-electron chi connectivity index (χ4n) is 2.80. The van der Waals surface area contributed by atoms with Crippen LogP contribution in [0.2, 0.25) is 0 Å². The quantitative estimate of drug-likeness (QED) is 0.896. The Hall–Kier alpha value is -2.06. The standard InChI is InChI=1S/C16H22N4O/c1-2-20(15-9-5-13(18)6-10-15)16(21)19-14-7-3-12(11-17)4-8-14/h3-4,7-8,13,15H,2,5-6,9-10,18H2,1H3,(H,19,21). The van der Waals surface area contributed by atoms with E-state index in [0.717, 1.165) is 25.7 Å². The zero-order valence-electron chi connectivity index (χ0n) is 12.4. The average molecular weight is 286 g/mol. The molecule has 0 bridgehead atoms. The highest BCUT2D eigenvalue weighted by Crippen LogP contribution is 2.23. The number of urea groups is 1. The molecule has 1 aromatic rings. The van der Waals surface area contributed by atoms with Crippen LogP contribution in [0.3, 0.4) is 0 Å². The first kappa shape index (κ1) is 15.3. The summed E-state index contributed by atoms with van der Waals surface area (Å²) in [6, 6.07) is 9.43. The number of carbonyl (C=O) groups excluding carboxylic acids is 1. The third-order valence-electron chi connectivity index (χ3n) is 4.05. The maximum absolute atomic E-state index is 12.4. The van der Waals surface area contributed by atoms with Crippen LogP contribution < -0.4 is 11.1 Å². The van der Waals surface area contributed by atoms with Crippen LogP contribution in [0.25, 0.3) is 0 Å². The number of nitriles is 1. The van der Waals surface area contributed by atoms with Crippen molar-refractivity contribution in [3.63, 3.8) is 0 Å². The van der Waals surface area contributed by atoms with E-state index in [1.165, 1.54) is 0 Å². The summed E-state index contributed by atoms with van der Waals surface area (Å²) >= 11 is 0. The lowest BCUT2D eigenvalue weighted by molar-refractivity contribution is 0.167. The Morgan fingerprint density at radius 1 is 1.33 bits per heavy atom. The summed E-state index contributed by atoms with van der Waals surface area (Å²) in [5.74, 6) is 0. The molecule has 1 fully saturated rings. The largest absolute Gasteiger partial charge is 0.328 e. The smallest absolute Gasteiger partial charge is 0.322 e. The first-order valence-electron chi connectivity index (χ1n) is 7.47. The Morgan fingerprint density at radius 2 is 1.95 bits per heavy atom. The van der Waals surface area contributed by atoms with Crippen LogP contribution in [0.15, 0.2) is 24.3 Å². The van der Waals surface area contributed by atoms with Crippen molar-refractivity contribution in [2.75, 3.05) is 11.9 Å². The van der Waals surface area contributed by atoms with Crippen molar-refractivity contribution >= 4 is 11.7 Å². The molecule has 1 aliphatic carbocycles. The highest BCUT2D eigenvalue weighted by molar-refractivity contribution is 5.89. The number of rotatable bonds is 3. The predicted molar refractivity (Wildman–Crippen MR) is 82.8 cm³/mol. The molecule has 0 spiro atoms. The summed E-state index contributed by atoms with van der Waals surface area (Å²) in [7, 11) is 0. The van der Waals surface area contributed by atoms with Gasteiger partial charge >= 0.3 is 6.03 Å². The van der Waals surface area contributed by atoms with Crippen molar-refractivity contribution in [2.24, 2.45) is 5.73 Å². The van der Waals surface area contributed by atoms with E-state index in [0.29, 0.717) is 17.8 Å². The van der Waals surface area contributed by atoms with E-state index in [2.05, 4.69) is 11.4 Å². The van der Waals surface area contributed by atoms with E-state index in [1.807, 2.05) is 11.8 Å². The van der Waals surface area contributed by atoms with Gasteiger partial charge in [0, 0.05) is 24.3 Å². The average Bonchev–Trinajstić information content (AvgIpc) is 2.50. The zero-order chi connectivity index (χ0) is 15.2. The molecule has 0 aromatic heterocycles. The number of amides is 2. The minimum Gasteiger partial charge on any atom is -0.328 e. The lowest BCUT2D eigenvalue weighted by Gasteiger charge is -2.35. The molecule has 2 rings (SSSR count). The molecule has 21 heavy (non-hydrogen) atoms. The Balaban J connectivity index is 1.97. The molecule has 0 unspecified atom stereocenters. The first-order chi connectivity index (χ1) is 10.1. The molecule has 112 valence electrons. The highest BCUT2D eigenvalue weighted by atomic mass is 16.2. The molecule has 0 heterocycles. The monoisotopic (exact) mass is 286 g/mol. The topological polar surface area (TPSA) is 82.2 Å². The van der Waals surface area contributed by atoms with Crippen LogP contribution in [0, 0.1) is 11.3 Å². The SMILES string of the molecule is CCN(C(=O)Nc1ccc(C#N)cc1)C1CCC(N)CC1. The van der Waals surface area contributed by atoms with Crippen molar-refractivity contribution in [3.05, 3.63) is 29.8 Å². The van der Waals surface area contributed by atoms with Gasteiger partial charge in [-0.1, -0.05) is 0 Å². The van der Waals surface area contributed by atoms with Gasteiger partial charge in [0.1, 0.15) is 0 Å². The number of nitrogens with one attached hydrogen (secondary N) is 1. The summed E-state index contributed by atoms with van der Waals surface area (Å²) in [6.45, 7) is 2.68. The molecule has 0 atom stereocenters. The van der Waals surface area contributed by atoms with Gasteiger partial charge in [-0.15, -0.1) is 0 Å². The van der Waals surface area contributed by atoms with E-state index in [9.17, 15) is 4.79 Å². The first-order valence-corrected chi connectivity index (χ1v) is 7.47. The molecule has 5 heteroatoms. The van der Waals surface area contributed by atoms with Crippen LogP contribution in [0.4, 0.5) is 10.5 Å². The van der Waals surface area contributed by atoms with Crippen molar-refractivity contribution in [2.45, 2.75) is 44.7 Å². The lowest BCUT2D eigenvalue weighted by Crippen LogP contribution is -2.46. The summed E-state index contributed by atoms with van der Waals surface area (Å²) < 4.78 is 0. The van der Waals surface area contributed by atoms with Crippen LogP contribution in [-0.4, -0.2) is 29.6 Å². The van der Waals surface area contributed by atoms with Gasteiger partial charge in [0.15, 0.2) is 0 Å². The fourth-order valence-corrected chi connectivity index (χ4v) is 2.80. The van der Waals surface area contributed by atoms with E-state index < -0.39 is 0 Å². The second kappa shape index (κ2) is 7.09. The predicted octanol–water partition coefficient (Wildman–Crippen LogP) is 2.68. The number of hydrogen-bond donors (Lipinski definition) is 2. The number of hydrogen-bond acceptors (Lipinski definition) is 3. The Kier molecular flexibility index (Phi) is 5.18. The molecular formula is C16H22N4O. The van der Waals surface area contributed by atoms with Gasteiger partial charge in [0.2, 0.25) is 0 Å². The summed E-state index contributed by atoms with van der Waals surface area (Å²) in [6.07, 6.45) is 3.89. The van der Waals surface area contributed by atoms with E-state index in [1.54, 1.807) is 24.3 Å².